The lowest BCUT2D eigenvalue weighted by Gasteiger charge is -2.11. The van der Waals surface area contributed by atoms with Crippen LogP contribution >= 0.6 is 11.8 Å². The van der Waals surface area contributed by atoms with Crippen LogP contribution in [0.3, 0.4) is 0 Å². The van der Waals surface area contributed by atoms with Crippen LogP contribution in [0.2, 0.25) is 0 Å². The van der Waals surface area contributed by atoms with Crippen LogP contribution in [0.4, 0.5) is 0 Å². The number of thioether (sulfide) groups is 1. The first kappa shape index (κ1) is 17.6. The zero-order valence-electron chi connectivity index (χ0n) is 13.9. The lowest BCUT2D eigenvalue weighted by atomic mass is 10.2. The molecule has 0 amide bonds. The molecule has 2 N–H and O–H groups in total. The Morgan fingerprint density at radius 1 is 1.27 bits per heavy atom. The average Bonchev–Trinajstić information content (AvgIpc) is 3.01. The standard InChI is InChI=1S/C17H15N5O3S/c1-3-7-26-17-21-20-14(8-11-9-15(23)19-16(24)18-11)22(17)12-5-4-6-13(10-12)25-2/h1,4-6,9-10H,7-8H2,2H3,(H2,18,19,23,24). The number of rotatable bonds is 6. The zero-order chi connectivity index (χ0) is 18.5. The quantitative estimate of drug-likeness (QED) is 0.495. The maximum Gasteiger partial charge on any atom is 0.325 e. The molecule has 0 saturated heterocycles. The van der Waals surface area contributed by atoms with Crippen LogP contribution in [0, 0.1) is 12.3 Å². The molecule has 0 fully saturated rings. The number of hydrogen-bond donors (Lipinski definition) is 2. The zero-order valence-corrected chi connectivity index (χ0v) is 14.7. The summed E-state index contributed by atoms with van der Waals surface area (Å²) in [5.74, 6) is 4.22. The molecule has 0 aliphatic carbocycles. The lowest BCUT2D eigenvalue weighted by molar-refractivity contribution is 0.414. The molecule has 1 aromatic carbocycles. The first-order chi connectivity index (χ1) is 12.6. The fraction of sp³-hybridized carbons (Fsp3) is 0.176. The van der Waals surface area contributed by atoms with E-state index in [0.29, 0.717) is 28.2 Å². The van der Waals surface area contributed by atoms with E-state index in [1.807, 2.05) is 28.8 Å². The highest BCUT2D eigenvalue weighted by Gasteiger charge is 2.16. The van der Waals surface area contributed by atoms with E-state index in [2.05, 4.69) is 26.1 Å². The highest BCUT2D eigenvalue weighted by molar-refractivity contribution is 7.99. The topological polar surface area (TPSA) is 106 Å². The van der Waals surface area contributed by atoms with Gasteiger partial charge in [-0.1, -0.05) is 23.7 Å². The number of benzene rings is 1. The number of terminal acetylenes is 1. The van der Waals surface area contributed by atoms with Crippen LogP contribution in [-0.2, 0) is 6.42 Å². The largest absolute Gasteiger partial charge is 0.497 e. The molecule has 0 aliphatic rings. The van der Waals surface area contributed by atoms with Crippen LogP contribution < -0.4 is 16.0 Å². The van der Waals surface area contributed by atoms with Crippen molar-refractivity contribution in [3.63, 3.8) is 0 Å². The number of H-pyrrole nitrogens is 2. The molecule has 3 aromatic rings. The van der Waals surface area contributed by atoms with Crippen LogP contribution in [0.5, 0.6) is 5.75 Å². The number of ether oxygens (including phenoxy) is 1. The van der Waals surface area contributed by atoms with Gasteiger partial charge in [0.15, 0.2) is 5.16 Å². The molecule has 0 aliphatic heterocycles. The molecule has 0 unspecified atom stereocenters. The highest BCUT2D eigenvalue weighted by Crippen LogP contribution is 2.25. The number of nitrogens with zero attached hydrogens (tertiary/aromatic N) is 3. The van der Waals surface area contributed by atoms with E-state index in [9.17, 15) is 9.59 Å². The van der Waals surface area contributed by atoms with Crippen molar-refractivity contribution in [3.8, 4) is 23.8 Å². The normalized spacial score (nSPS) is 10.5. The predicted octanol–water partition coefficient (Wildman–Crippen LogP) is 0.969. The average molecular weight is 369 g/mol. The predicted molar refractivity (Wildman–Crippen MR) is 98.0 cm³/mol. The third kappa shape index (κ3) is 3.87. The van der Waals surface area contributed by atoms with E-state index in [-0.39, 0.29) is 6.42 Å². The molecule has 9 heteroatoms. The van der Waals surface area contributed by atoms with Crippen molar-refractivity contribution in [2.45, 2.75) is 11.6 Å². The van der Waals surface area contributed by atoms with E-state index >= 15 is 0 Å². The summed E-state index contributed by atoms with van der Waals surface area (Å²) in [5, 5.41) is 9.00. The summed E-state index contributed by atoms with van der Waals surface area (Å²) in [5.41, 5.74) is 0.180. The Labute approximate surface area is 152 Å². The number of hydrogen-bond acceptors (Lipinski definition) is 6. The SMILES string of the molecule is C#CCSc1nnc(Cc2cc(=O)[nH]c(=O)[nH]2)n1-c1cccc(OC)c1. The number of nitrogens with one attached hydrogen (secondary N) is 2. The van der Waals surface area contributed by atoms with Crippen molar-refractivity contribution in [2.75, 3.05) is 12.9 Å². The van der Waals surface area contributed by atoms with Crippen LogP contribution in [0.15, 0.2) is 45.1 Å². The molecule has 3 rings (SSSR count). The molecular formula is C17H15N5O3S. The van der Waals surface area contributed by atoms with Crippen molar-refractivity contribution in [2.24, 2.45) is 0 Å². The highest BCUT2D eigenvalue weighted by atomic mass is 32.2. The summed E-state index contributed by atoms with van der Waals surface area (Å²) in [4.78, 5) is 27.7. The van der Waals surface area contributed by atoms with Gasteiger partial charge in [-0.05, 0) is 12.1 Å². The first-order valence-corrected chi connectivity index (χ1v) is 8.57. The van der Waals surface area contributed by atoms with Crippen LogP contribution in [-0.4, -0.2) is 37.6 Å². The molecule has 132 valence electrons. The van der Waals surface area contributed by atoms with Crippen LogP contribution in [0.1, 0.15) is 11.5 Å². The van der Waals surface area contributed by atoms with Gasteiger partial charge in [-0.3, -0.25) is 14.3 Å². The van der Waals surface area contributed by atoms with E-state index < -0.39 is 11.2 Å². The number of methoxy groups -OCH3 is 1. The third-order valence-corrected chi connectivity index (χ3v) is 4.29. The second kappa shape index (κ2) is 7.76. The van der Waals surface area contributed by atoms with Gasteiger partial charge in [-0.2, -0.15) is 0 Å². The molecule has 0 bridgehead atoms. The van der Waals surface area contributed by atoms with E-state index in [1.54, 1.807) is 7.11 Å². The summed E-state index contributed by atoms with van der Waals surface area (Å²) in [6, 6.07) is 8.72. The summed E-state index contributed by atoms with van der Waals surface area (Å²) >= 11 is 1.37. The first-order valence-electron chi connectivity index (χ1n) is 7.58. The minimum Gasteiger partial charge on any atom is -0.497 e. The molecular weight excluding hydrogens is 354 g/mol. The summed E-state index contributed by atoms with van der Waals surface area (Å²) in [7, 11) is 1.58. The fourth-order valence-electron chi connectivity index (χ4n) is 2.41. The van der Waals surface area contributed by atoms with Gasteiger partial charge >= 0.3 is 5.69 Å². The van der Waals surface area contributed by atoms with E-state index in [0.717, 1.165) is 5.69 Å². The minimum atomic E-state index is -0.568. The van der Waals surface area contributed by atoms with Gasteiger partial charge in [0.2, 0.25) is 0 Å². The summed E-state index contributed by atoms with van der Waals surface area (Å²) in [6.45, 7) is 0. The Kier molecular flexibility index (Phi) is 5.24. The van der Waals surface area contributed by atoms with E-state index in [1.165, 1.54) is 17.8 Å². The van der Waals surface area contributed by atoms with Crippen LogP contribution in [0.25, 0.3) is 5.69 Å². The molecule has 8 nitrogen and oxygen atoms in total. The minimum absolute atomic E-state index is 0.222. The van der Waals surface area contributed by atoms with E-state index in [4.69, 9.17) is 11.2 Å². The molecule has 0 saturated carbocycles. The molecule has 2 aromatic heterocycles. The van der Waals surface area contributed by atoms with Gasteiger partial charge in [0, 0.05) is 24.2 Å². The maximum atomic E-state index is 11.5. The monoisotopic (exact) mass is 369 g/mol. The van der Waals surface area contributed by atoms with Gasteiger partial charge < -0.3 is 9.72 Å². The molecule has 0 spiro atoms. The number of aromatic amines is 2. The Morgan fingerprint density at radius 2 is 2.12 bits per heavy atom. The Morgan fingerprint density at radius 3 is 2.85 bits per heavy atom. The fourth-order valence-corrected chi connectivity index (χ4v) is 3.06. The Hall–Kier alpha value is -3.25. The smallest absolute Gasteiger partial charge is 0.325 e. The van der Waals surface area contributed by atoms with Gasteiger partial charge in [0.05, 0.1) is 18.6 Å². The summed E-state index contributed by atoms with van der Waals surface area (Å²) in [6.07, 6.45) is 5.57. The van der Waals surface area contributed by atoms with Crippen molar-refractivity contribution >= 4 is 11.8 Å². The van der Waals surface area contributed by atoms with Crippen molar-refractivity contribution in [1.82, 2.24) is 24.7 Å². The Balaban J connectivity index is 2.07. The Bertz CT molecular complexity index is 1050. The second-order valence-electron chi connectivity index (χ2n) is 5.22. The maximum absolute atomic E-state index is 11.5. The van der Waals surface area contributed by atoms with Gasteiger partial charge in [-0.15, -0.1) is 16.6 Å². The van der Waals surface area contributed by atoms with Crippen molar-refractivity contribution in [3.05, 3.63) is 62.7 Å². The van der Waals surface area contributed by atoms with Gasteiger partial charge in [0.1, 0.15) is 11.6 Å². The van der Waals surface area contributed by atoms with Gasteiger partial charge in [-0.25, -0.2) is 4.79 Å². The van der Waals surface area contributed by atoms with Crippen molar-refractivity contribution in [1.29, 1.82) is 0 Å². The molecule has 0 radical (unpaired) electrons. The van der Waals surface area contributed by atoms with Crippen molar-refractivity contribution < 1.29 is 4.74 Å². The van der Waals surface area contributed by atoms with Gasteiger partial charge in [0.25, 0.3) is 5.56 Å². The third-order valence-electron chi connectivity index (χ3n) is 3.46. The molecule has 2 heterocycles. The second-order valence-corrected chi connectivity index (χ2v) is 6.16. The molecule has 0 atom stereocenters. The molecule has 26 heavy (non-hydrogen) atoms. The number of aromatic nitrogens is 5. The lowest BCUT2D eigenvalue weighted by Crippen LogP contribution is -2.23. The summed E-state index contributed by atoms with van der Waals surface area (Å²) < 4.78 is 7.10.